The predicted molar refractivity (Wildman–Crippen MR) is 158 cm³/mol. The summed E-state index contributed by atoms with van der Waals surface area (Å²) in [6.07, 6.45) is 0. The van der Waals surface area contributed by atoms with E-state index >= 15 is 0 Å². The van der Waals surface area contributed by atoms with Crippen molar-refractivity contribution in [3.63, 3.8) is 0 Å². The van der Waals surface area contributed by atoms with Crippen molar-refractivity contribution in [2.45, 2.75) is 44.2 Å². The number of carbonyl (C=O) groups excluding carboxylic acids is 2. The molecule has 0 saturated carbocycles. The van der Waals surface area contributed by atoms with E-state index in [1.807, 2.05) is 20.8 Å². The number of nitrogens with zero attached hydrogens (tertiary/aromatic N) is 1. The van der Waals surface area contributed by atoms with Gasteiger partial charge in [0, 0.05) is 0 Å². The number of aliphatic hydroxyl groups is 1. The number of aryl methyl sites for hydroxylation is 3. The molecule has 0 aromatic heterocycles. The van der Waals surface area contributed by atoms with Crippen molar-refractivity contribution < 1.29 is 23.1 Å². The Bertz CT molecular complexity index is 1570. The first-order chi connectivity index (χ1) is 19.4. The maximum Gasteiger partial charge on any atom is 0.280 e. The lowest BCUT2D eigenvalue weighted by atomic mass is 9.85. The van der Waals surface area contributed by atoms with Gasteiger partial charge in [0.1, 0.15) is 6.04 Å². The average molecular weight is 572 g/mol. The van der Waals surface area contributed by atoms with Crippen molar-refractivity contribution in [2.75, 3.05) is 5.01 Å². The van der Waals surface area contributed by atoms with Gasteiger partial charge in [-0.25, -0.2) is 13.4 Å². The van der Waals surface area contributed by atoms with Crippen LogP contribution in [0.25, 0.3) is 0 Å². The fourth-order valence-electron chi connectivity index (χ4n) is 4.29. The van der Waals surface area contributed by atoms with Crippen LogP contribution in [0.3, 0.4) is 0 Å². The van der Waals surface area contributed by atoms with Gasteiger partial charge in [-0.15, -0.1) is 0 Å². The minimum absolute atomic E-state index is 0.00571. The lowest BCUT2D eigenvalue weighted by Gasteiger charge is -2.33. The molecule has 4 rings (SSSR count). The standard InChI is InChI=1S/C32H33N3O5S/c1-22-10-16-26(17-11-22)32(38,27-18-12-23(2)13-19-27)31(37)33-35(28-8-6-5-7-9-28)30(36)25(4)34-41(39,40)29-20-14-24(3)15-21-29/h5-21,25,34,38H,1-4H3,(H,33,37)/t25-/m0/s1. The van der Waals surface area contributed by atoms with Gasteiger partial charge >= 0.3 is 0 Å². The van der Waals surface area contributed by atoms with Crippen LogP contribution in [0.4, 0.5) is 5.69 Å². The number of benzene rings is 4. The Morgan fingerprint density at radius 3 is 1.63 bits per heavy atom. The first kappa shape index (κ1) is 29.7. The van der Waals surface area contributed by atoms with E-state index in [9.17, 15) is 23.1 Å². The second kappa shape index (κ2) is 12.1. The summed E-state index contributed by atoms with van der Waals surface area (Å²) in [5, 5.41) is 13.0. The van der Waals surface area contributed by atoms with E-state index in [-0.39, 0.29) is 10.6 Å². The first-order valence-corrected chi connectivity index (χ1v) is 14.6. The molecule has 0 spiro atoms. The van der Waals surface area contributed by atoms with Crippen molar-refractivity contribution in [2.24, 2.45) is 0 Å². The monoisotopic (exact) mass is 571 g/mol. The highest BCUT2D eigenvalue weighted by Crippen LogP contribution is 2.31. The summed E-state index contributed by atoms with van der Waals surface area (Å²) < 4.78 is 28.4. The van der Waals surface area contributed by atoms with E-state index in [0.29, 0.717) is 11.1 Å². The van der Waals surface area contributed by atoms with Gasteiger partial charge in [-0.3, -0.25) is 15.0 Å². The molecule has 0 unspecified atom stereocenters. The first-order valence-electron chi connectivity index (χ1n) is 13.1. The van der Waals surface area contributed by atoms with E-state index in [1.165, 1.54) is 19.1 Å². The molecule has 8 nitrogen and oxygen atoms in total. The molecule has 0 fully saturated rings. The Kier molecular flexibility index (Phi) is 8.72. The van der Waals surface area contributed by atoms with Crippen LogP contribution in [-0.4, -0.2) is 31.4 Å². The summed E-state index contributed by atoms with van der Waals surface area (Å²) in [7, 11) is -4.05. The molecular weight excluding hydrogens is 538 g/mol. The van der Waals surface area contributed by atoms with E-state index < -0.39 is 33.5 Å². The smallest absolute Gasteiger partial charge is 0.280 e. The summed E-state index contributed by atoms with van der Waals surface area (Å²) >= 11 is 0. The van der Waals surface area contributed by atoms with Gasteiger partial charge in [0.05, 0.1) is 10.6 Å². The van der Waals surface area contributed by atoms with Crippen LogP contribution in [0.1, 0.15) is 34.7 Å². The summed E-state index contributed by atoms with van der Waals surface area (Å²) in [4.78, 5) is 27.7. The molecule has 0 radical (unpaired) electrons. The Hall–Kier alpha value is -4.31. The van der Waals surface area contributed by atoms with E-state index in [4.69, 9.17) is 0 Å². The Morgan fingerprint density at radius 1 is 0.732 bits per heavy atom. The van der Waals surface area contributed by atoms with Crippen LogP contribution < -0.4 is 15.2 Å². The van der Waals surface area contributed by atoms with Crippen molar-refractivity contribution in [1.82, 2.24) is 10.1 Å². The molecule has 2 amide bonds. The summed E-state index contributed by atoms with van der Waals surface area (Å²) in [6, 6.07) is 27.0. The Labute approximate surface area is 240 Å². The van der Waals surface area contributed by atoms with Crippen LogP contribution in [0, 0.1) is 20.8 Å². The van der Waals surface area contributed by atoms with Crippen LogP contribution in [0.2, 0.25) is 0 Å². The molecule has 9 heteroatoms. The highest BCUT2D eigenvalue weighted by molar-refractivity contribution is 7.89. The number of hydrazine groups is 1. The zero-order chi connectivity index (χ0) is 29.8. The molecule has 212 valence electrons. The van der Waals surface area contributed by atoms with Gasteiger partial charge in [-0.05, 0) is 63.1 Å². The second-order valence-electron chi connectivity index (χ2n) is 10.0. The van der Waals surface area contributed by atoms with Gasteiger partial charge < -0.3 is 5.11 Å². The molecule has 4 aromatic carbocycles. The molecule has 0 heterocycles. The minimum atomic E-state index is -4.05. The van der Waals surface area contributed by atoms with Crippen LogP contribution in [-0.2, 0) is 25.2 Å². The number of hydrogen-bond donors (Lipinski definition) is 3. The highest BCUT2D eigenvalue weighted by Gasteiger charge is 2.42. The number of carbonyl (C=O) groups is 2. The fourth-order valence-corrected chi connectivity index (χ4v) is 5.48. The maximum absolute atomic E-state index is 14.0. The summed E-state index contributed by atoms with van der Waals surface area (Å²) in [5.74, 6) is -1.65. The Morgan fingerprint density at radius 2 is 1.17 bits per heavy atom. The van der Waals surface area contributed by atoms with Gasteiger partial charge in [0.25, 0.3) is 11.8 Å². The molecule has 0 aliphatic rings. The molecular formula is C32H33N3O5S. The zero-order valence-corrected chi connectivity index (χ0v) is 24.1. The SMILES string of the molecule is Cc1ccc(C(O)(C(=O)NN(C(=O)[C@H](C)NS(=O)(=O)c2ccc(C)cc2)c2ccccc2)c2ccc(C)cc2)cc1. The topological polar surface area (TPSA) is 116 Å². The number of hydrogen-bond acceptors (Lipinski definition) is 5. The normalized spacial score (nSPS) is 12.4. The largest absolute Gasteiger partial charge is 0.372 e. The molecule has 3 N–H and O–H groups in total. The number of nitrogens with one attached hydrogen (secondary N) is 2. The number of anilines is 1. The summed E-state index contributed by atoms with van der Waals surface area (Å²) in [6.45, 7) is 7.01. The lowest BCUT2D eigenvalue weighted by molar-refractivity contribution is -0.138. The molecule has 0 saturated heterocycles. The summed E-state index contributed by atoms with van der Waals surface area (Å²) in [5.41, 5.74) is 4.07. The second-order valence-corrected chi connectivity index (χ2v) is 11.8. The van der Waals surface area contributed by atoms with Crippen molar-refractivity contribution in [1.29, 1.82) is 0 Å². The fraction of sp³-hybridized carbons (Fsp3) is 0.188. The van der Waals surface area contributed by atoms with E-state index in [2.05, 4.69) is 10.1 Å². The number of rotatable bonds is 8. The highest BCUT2D eigenvalue weighted by atomic mass is 32.2. The average Bonchev–Trinajstić information content (AvgIpc) is 2.96. The molecule has 41 heavy (non-hydrogen) atoms. The molecule has 0 aliphatic carbocycles. The van der Waals surface area contributed by atoms with Crippen molar-refractivity contribution >= 4 is 27.5 Å². The van der Waals surface area contributed by atoms with E-state index in [1.54, 1.807) is 91.0 Å². The molecule has 1 atom stereocenters. The van der Waals surface area contributed by atoms with Gasteiger partial charge in [-0.1, -0.05) is 95.6 Å². The van der Waals surface area contributed by atoms with Crippen LogP contribution >= 0.6 is 0 Å². The van der Waals surface area contributed by atoms with Gasteiger partial charge in [0.2, 0.25) is 10.0 Å². The van der Waals surface area contributed by atoms with Gasteiger partial charge in [0.15, 0.2) is 5.60 Å². The molecule has 4 aromatic rings. The van der Waals surface area contributed by atoms with Crippen molar-refractivity contribution in [3.8, 4) is 0 Å². The third-order valence-corrected chi connectivity index (χ3v) is 8.31. The third-order valence-electron chi connectivity index (χ3n) is 6.75. The quantitative estimate of drug-likeness (QED) is 0.273. The minimum Gasteiger partial charge on any atom is -0.372 e. The predicted octanol–water partition coefficient (Wildman–Crippen LogP) is 4.28. The number of amides is 2. The zero-order valence-electron chi connectivity index (χ0n) is 23.3. The van der Waals surface area contributed by atoms with Crippen LogP contribution in [0.5, 0.6) is 0 Å². The third kappa shape index (κ3) is 6.54. The number of sulfonamides is 1. The van der Waals surface area contributed by atoms with Gasteiger partial charge in [-0.2, -0.15) is 4.72 Å². The van der Waals surface area contributed by atoms with Crippen LogP contribution in [0.15, 0.2) is 108 Å². The lowest BCUT2D eigenvalue weighted by Crippen LogP contribution is -2.58. The van der Waals surface area contributed by atoms with Crippen molar-refractivity contribution in [3.05, 3.63) is 131 Å². The molecule has 0 aliphatic heterocycles. The maximum atomic E-state index is 14.0. The molecule has 0 bridgehead atoms. The van der Waals surface area contributed by atoms with E-state index in [0.717, 1.165) is 21.7 Å². The number of para-hydroxylation sites is 1. The Balaban J connectivity index is 1.70.